The summed E-state index contributed by atoms with van der Waals surface area (Å²) < 4.78 is 25.7. The molecule has 1 aliphatic heterocycles. The highest BCUT2D eigenvalue weighted by Gasteiger charge is 2.49. The lowest BCUT2D eigenvalue weighted by Gasteiger charge is -2.13. The maximum atomic E-state index is 12.3. The first-order valence-corrected chi connectivity index (χ1v) is 6.91. The molecule has 0 atom stereocenters. The fourth-order valence-corrected chi connectivity index (χ4v) is 4.18. The summed E-state index contributed by atoms with van der Waals surface area (Å²) in [6, 6.07) is 4.79. The van der Waals surface area contributed by atoms with Crippen molar-refractivity contribution >= 4 is 21.6 Å². The van der Waals surface area contributed by atoms with Crippen molar-refractivity contribution < 1.29 is 13.2 Å². The summed E-state index contributed by atoms with van der Waals surface area (Å²) in [5, 5.41) is 2.83. The number of sulfonamides is 1. The lowest BCUT2D eigenvalue weighted by molar-refractivity contribution is 0.0865. The summed E-state index contributed by atoms with van der Waals surface area (Å²) in [6.45, 7) is 0. The Balaban J connectivity index is 2.27. The number of nitrogens with one attached hydrogen (secondary N) is 1. The van der Waals surface area contributed by atoms with Gasteiger partial charge in [-0.15, -0.1) is 0 Å². The second kappa shape index (κ2) is 3.22. The third kappa shape index (κ3) is 1.30. The van der Waals surface area contributed by atoms with Gasteiger partial charge in [-0.25, -0.2) is 12.7 Å². The Labute approximate surface area is 99.5 Å². The maximum Gasteiger partial charge on any atom is 0.269 e. The lowest BCUT2D eigenvalue weighted by Crippen LogP contribution is -2.32. The molecule has 1 amide bonds. The van der Waals surface area contributed by atoms with Gasteiger partial charge in [-0.05, 0) is 25.0 Å². The van der Waals surface area contributed by atoms with Crippen LogP contribution in [0.5, 0.6) is 0 Å². The first-order chi connectivity index (χ1) is 8.07. The summed E-state index contributed by atoms with van der Waals surface area (Å²) in [6.07, 6.45) is 1.54. The molecule has 2 aliphatic rings. The van der Waals surface area contributed by atoms with Crippen LogP contribution in [0.2, 0.25) is 0 Å². The zero-order valence-corrected chi connectivity index (χ0v) is 10.1. The fraction of sp³-hybridized carbons (Fsp3) is 0.364. The minimum atomic E-state index is -3.65. The number of carbonyl (C=O) groups is 1. The topological polar surface area (TPSA) is 66.5 Å². The van der Waals surface area contributed by atoms with E-state index in [0.717, 1.165) is 17.1 Å². The number of fused-ring (bicyclic) bond motifs is 1. The summed E-state index contributed by atoms with van der Waals surface area (Å²) in [5.74, 6) is -0.389. The van der Waals surface area contributed by atoms with E-state index in [1.54, 1.807) is 25.2 Å². The molecule has 1 aliphatic carbocycles. The molecular formula is C11H12N2O3S. The van der Waals surface area contributed by atoms with Crippen LogP contribution >= 0.6 is 0 Å². The predicted molar refractivity (Wildman–Crippen MR) is 62.4 cm³/mol. The number of hydrogen-bond donors (Lipinski definition) is 1. The number of nitrogens with zero attached hydrogens (tertiary/aromatic N) is 1. The van der Waals surface area contributed by atoms with Crippen molar-refractivity contribution in [1.29, 1.82) is 0 Å². The molecule has 1 N–H and O–H groups in total. The van der Waals surface area contributed by atoms with E-state index in [1.807, 2.05) is 0 Å². The van der Waals surface area contributed by atoms with Gasteiger partial charge in [0.2, 0.25) is 0 Å². The zero-order chi connectivity index (χ0) is 12.2. The van der Waals surface area contributed by atoms with Gasteiger partial charge in [0.05, 0.1) is 11.3 Å². The van der Waals surface area contributed by atoms with Gasteiger partial charge in [-0.3, -0.25) is 4.79 Å². The monoisotopic (exact) mass is 252 g/mol. The van der Waals surface area contributed by atoms with Gasteiger partial charge >= 0.3 is 0 Å². The number of benzene rings is 1. The molecule has 90 valence electrons. The normalized spacial score (nSPS) is 21.5. The van der Waals surface area contributed by atoms with Crippen LogP contribution in [-0.4, -0.2) is 31.7 Å². The van der Waals surface area contributed by atoms with E-state index < -0.39 is 10.0 Å². The summed E-state index contributed by atoms with van der Waals surface area (Å²) in [7, 11) is -2.01. The van der Waals surface area contributed by atoms with Crippen LogP contribution in [0, 0.1) is 0 Å². The molecule has 1 aromatic carbocycles. The van der Waals surface area contributed by atoms with Crippen LogP contribution in [0.1, 0.15) is 23.2 Å². The molecule has 0 bridgehead atoms. The Morgan fingerprint density at radius 2 is 2.06 bits per heavy atom. The molecular weight excluding hydrogens is 240 g/mol. The van der Waals surface area contributed by atoms with Crippen LogP contribution in [0.15, 0.2) is 23.1 Å². The number of hydrogen-bond acceptors (Lipinski definition) is 4. The molecule has 0 radical (unpaired) electrons. The van der Waals surface area contributed by atoms with E-state index in [2.05, 4.69) is 5.32 Å². The lowest BCUT2D eigenvalue weighted by atomic mass is 10.2. The highest BCUT2D eigenvalue weighted by molar-refractivity contribution is 7.90. The molecule has 0 unspecified atom stereocenters. The Morgan fingerprint density at radius 3 is 2.65 bits per heavy atom. The van der Waals surface area contributed by atoms with Gasteiger partial charge in [0.15, 0.2) is 0 Å². The third-order valence-electron chi connectivity index (χ3n) is 3.11. The standard InChI is InChI=1S/C11H12N2O3S/c1-12-9-4-2-3-8-10(9)17(15,16)13(11(8)14)7-5-6-7/h2-4,7,12H,5-6H2,1H3. The van der Waals surface area contributed by atoms with Gasteiger partial charge in [0.1, 0.15) is 4.90 Å². The molecule has 1 saturated carbocycles. The Bertz CT molecular complexity index is 605. The Kier molecular flexibility index (Phi) is 2.01. The minimum Gasteiger partial charge on any atom is -0.387 e. The summed E-state index contributed by atoms with van der Waals surface area (Å²) >= 11 is 0. The quantitative estimate of drug-likeness (QED) is 0.854. The van der Waals surface area contributed by atoms with Crippen LogP contribution in [-0.2, 0) is 10.0 Å². The van der Waals surface area contributed by atoms with E-state index in [-0.39, 0.29) is 22.4 Å². The minimum absolute atomic E-state index is 0.124. The molecule has 6 heteroatoms. The van der Waals surface area contributed by atoms with E-state index in [4.69, 9.17) is 0 Å². The number of anilines is 1. The summed E-state index contributed by atoms with van der Waals surface area (Å²) in [5.41, 5.74) is 0.766. The van der Waals surface area contributed by atoms with Crippen LogP contribution in [0.3, 0.4) is 0 Å². The van der Waals surface area contributed by atoms with E-state index in [1.165, 1.54) is 0 Å². The van der Waals surface area contributed by atoms with Crippen molar-refractivity contribution in [1.82, 2.24) is 4.31 Å². The first kappa shape index (κ1) is 10.6. The molecule has 1 fully saturated rings. The van der Waals surface area contributed by atoms with E-state index in [9.17, 15) is 13.2 Å². The number of rotatable bonds is 2. The largest absolute Gasteiger partial charge is 0.387 e. The first-order valence-electron chi connectivity index (χ1n) is 5.47. The average Bonchev–Trinajstić information content (AvgIpc) is 3.09. The molecule has 0 aromatic heterocycles. The van der Waals surface area contributed by atoms with Crippen molar-refractivity contribution in [2.75, 3.05) is 12.4 Å². The molecule has 0 saturated heterocycles. The van der Waals surface area contributed by atoms with Crippen molar-refractivity contribution in [3.63, 3.8) is 0 Å². The van der Waals surface area contributed by atoms with Crippen molar-refractivity contribution in [2.45, 2.75) is 23.8 Å². The van der Waals surface area contributed by atoms with E-state index in [0.29, 0.717) is 5.69 Å². The summed E-state index contributed by atoms with van der Waals surface area (Å²) in [4.78, 5) is 12.2. The third-order valence-corrected chi connectivity index (χ3v) is 5.05. The van der Waals surface area contributed by atoms with Gasteiger partial charge in [0, 0.05) is 13.1 Å². The number of carbonyl (C=O) groups excluding carboxylic acids is 1. The molecule has 0 spiro atoms. The highest BCUT2D eigenvalue weighted by Crippen LogP contribution is 2.42. The van der Waals surface area contributed by atoms with Gasteiger partial charge in [0.25, 0.3) is 15.9 Å². The van der Waals surface area contributed by atoms with Gasteiger partial charge < -0.3 is 5.32 Å². The predicted octanol–water partition coefficient (Wildman–Crippen LogP) is 1.04. The SMILES string of the molecule is CNc1cccc2c1S(=O)(=O)N(C1CC1)C2=O. The molecule has 1 aromatic rings. The van der Waals surface area contributed by atoms with Crippen molar-refractivity contribution in [3.8, 4) is 0 Å². The van der Waals surface area contributed by atoms with Gasteiger partial charge in [-0.1, -0.05) is 6.07 Å². The van der Waals surface area contributed by atoms with Crippen molar-refractivity contribution in [3.05, 3.63) is 23.8 Å². The molecule has 17 heavy (non-hydrogen) atoms. The van der Waals surface area contributed by atoms with Gasteiger partial charge in [-0.2, -0.15) is 0 Å². The Morgan fingerprint density at radius 1 is 1.35 bits per heavy atom. The molecule has 3 rings (SSSR count). The molecule has 5 nitrogen and oxygen atoms in total. The van der Waals surface area contributed by atoms with Crippen LogP contribution < -0.4 is 5.32 Å². The van der Waals surface area contributed by atoms with Crippen LogP contribution in [0.25, 0.3) is 0 Å². The van der Waals surface area contributed by atoms with E-state index >= 15 is 0 Å². The molecule has 1 heterocycles. The number of amides is 1. The fourth-order valence-electron chi connectivity index (χ4n) is 2.18. The second-order valence-corrected chi connectivity index (χ2v) is 6.02. The average molecular weight is 252 g/mol. The Hall–Kier alpha value is -1.56. The van der Waals surface area contributed by atoms with Crippen molar-refractivity contribution in [2.24, 2.45) is 0 Å². The maximum absolute atomic E-state index is 12.3. The zero-order valence-electron chi connectivity index (χ0n) is 9.30. The highest BCUT2D eigenvalue weighted by atomic mass is 32.2. The van der Waals surface area contributed by atoms with Crippen LogP contribution in [0.4, 0.5) is 5.69 Å². The second-order valence-electron chi connectivity index (χ2n) is 4.27. The smallest absolute Gasteiger partial charge is 0.269 e.